The minimum absolute atomic E-state index is 0.127. The second-order valence-corrected chi connectivity index (χ2v) is 9.85. The Kier molecular flexibility index (Phi) is 5.97. The molecule has 2 saturated heterocycles. The number of piperidine rings is 1. The highest BCUT2D eigenvalue weighted by Crippen LogP contribution is 2.34. The zero-order valence-corrected chi connectivity index (χ0v) is 19.7. The van der Waals surface area contributed by atoms with Crippen LogP contribution in [0.15, 0.2) is 48.8 Å². The van der Waals surface area contributed by atoms with Crippen LogP contribution in [0.3, 0.4) is 0 Å². The molecule has 7 heteroatoms. The van der Waals surface area contributed by atoms with Crippen molar-refractivity contribution in [3.8, 4) is 11.3 Å². The second kappa shape index (κ2) is 9.39. The Morgan fingerprint density at radius 3 is 2.65 bits per heavy atom. The van der Waals surface area contributed by atoms with Crippen LogP contribution in [0.1, 0.15) is 32.1 Å². The standard InChI is InChI=1S/C27H33N5O2/c33-27(21-16-24(17-21)30-9-2-1-3-10-30)29-22-6-4-5-20(15-22)25-18-28-26-8-7-23(19-32(25)26)31-11-13-34-14-12-31/h4-8,15,18-19,21,24H,1-3,9-14,16-17H2,(H,29,33). The molecule has 1 N–H and O–H groups in total. The quantitative estimate of drug-likeness (QED) is 0.624. The van der Waals surface area contributed by atoms with Crippen LogP contribution in [0.25, 0.3) is 16.9 Å². The van der Waals surface area contributed by atoms with E-state index in [1.165, 1.54) is 38.0 Å². The highest BCUT2D eigenvalue weighted by molar-refractivity contribution is 5.93. The highest BCUT2D eigenvalue weighted by Gasteiger charge is 2.38. The molecule has 1 amide bonds. The van der Waals surface area contributed by atoms with E-state index in [0.29, 0.717) is 6.04 Å². The zero-order chi connectivity index (χ0) is 22.9. The number of fused-ring (bicyclic) bond motifs is 1. The Hall–Kier alpha value is -2.90. The van der Waals surface area contributed by atoms with Crippen molar-refractivity contribution < 1.29 is 9.53 Å². The van der Waals surface area contributed by atoms with E-state index >= 15 is 0 Å². The van der Waals surface area contributed by atoms with E-state index in [9.17, 15) is 4.79 Å². The lowest BCUT2D eigenvalue weighted by molar-refractivity contribution is -0.124. The first kappa shape index (κ1) is 21.6. The molecule has 0 spiro atoms. The van der Waals surface area contributed by atoms with Crippen LogP contribution >= 0.6 is 0 Å². The molecular weight excluding hydrogens is 426 g/mol. The number of amides is 1. The van der Waals surface area contributed by atoms with Crippen LogP contribution in [0.4, 0.5) is 11.4 Å². The molecule has 2 aromatic heterocycles. The molecular formula is C27H33N5O2. The lowest BCUT2D eigenvalue weighted by atomic mass is 9.78. The molecule has 1 aliphatic carbocycles. The molecule has 0 radical (unpaired) electrons. The number of anilines is 2. The lowest BCUT2D eigenvalue weighted by Gasteiger charge is -2.43. The first-order valence-electron chi connectivity index (χ1n) is 12.7. The van der Waals surface area contributed by atoms with Gasteiger partial charge in [0.1, 0.15) is 5.65 Å². The summed E-state index contributed by atoms with van der Waals surface area (Å²) in [6, 6.07) is 12.9. The molecule has 178 valence electrons. The Balaban J connectivity index is 1.15. The summed E-state index contributed by atoms with van der Waals surface area (Å²) < 4.78 is 7.64. The van der Waals surface area contributed by atoms with Gasteiger partial charge in [-0.1, -0.05) is 18.6 Å². The summed E-state index contributed by atoms with van der Waals surface area (Å²) in [5.41, 5.74) is 5.01. The van der Waals surface area contributed by atoms with E-state index in [1.807, 2.05) is 18.3 Å². The van der Waals surface area contributed by atoms with Gasteiger partial charge in [0.05, 0.1) is 30.8 Å². The Labute approximate surface area is 200 Å². The van der Waals surface area contributed by atoms with E-state index in [-0.39, 0.29) is 11.8 Å². The van der Waals surface area contributed by atoms with Crippen molar-refractivity contribution in [2.24, 2.45) is 5.92 Å². The van der Waals surface area contributed by atoms with Gasteiger partial charge in [0.2, 0.25) is 5.91 Å². The largest absolute Gasteiger partial charge is 0.378 e. The van der Waals surface area contributed by atoms with Crippen molar-refractivity contribution in [1.29, 1.82) is 0 Å². The summed E-state index contributed by atoms with van der Waals surface area (Å²) in [6.45, 7) is 5.72. The number of hydrogen-bond acceptors (Lipinski definition) is 5. The molecule has 3 aromatic rings. The van der Waals surface area contributed by atoms with Crippen LogP contribution < -0.4 is 10.2 Å². The number of ether oxygens (including phenoxy) is 1. The van der Waals surface area contributed by atoms with Crippen LogP contribution in [0.2, 0.25) is 0 Å². The first-order chi connectivity index (χ1) is 16.7. The number of likely N-dealkylation sites (tertiary alicyclic amines) is 1. The molecule has 1 saturated carbocycles. The van der Waals surface area contributed by atoms with Crippen molar-refractivity contribution in [2.45, 2.75) is 38.1 Å². The van der Waals surface area contributed by atoms with Gasteiger partial charge in [0.15, 0.2) is 0 Å². The number of morpholine rings is 1. The average molecular weight is 460 g/mol. The number of carbonyl (C=O) groups excluding carboxylic acids is 1. The van der Waals surface area contributed by atoms with Crippen molar-refractivity contribution in [3.63, 3.8) is 0 Å². The van der Waals surface area contributed by atoms with Crippen molar-refractivity contribution >= 4 is 22.9 Å². The maximum atomic E-state index is 12.9. The highest BCUT2D eigenvalue weighted by atomic mass is 16.5. The summed E-state index contributed by atoms with van der Waals surface area (Å²) in [5, 5.41) is 3.17. The predicted molar refractivity (Wildman–Crippen MR) is 134 cm³/mol. The number of hydrogen-bond donors (Lipinski definition) is 1. The van der Waals surface area contributed by atoms with E-state index in [1.54, 1.807) is 0 Å². The fourth-order valence-corrected chi connectivity index (χ4v) is 5.58. The van der Waals surface area contributed by atoms with Gasteiger partial charge >= 0.3 is 0 Å². The Bertz CT molecular complexity index is 1160. The number of nitrogens with zero attached hydrogens (tertiary/aromatic N) is 4. The molecule has 4 heterocycles. The molecule has 2 aliphatic heterocycles. The van der Waals surface area contributed by atoms with E-state index in [2.05, 4.69) is 55.0 Å². The molecule has 0 unspecified atom stereocenters. The third kappa shape index (κ3) is 4.30. The number of rotatable bonds is 5. The molecule has 0 atom stereocenters. The number of aromatic nitrogens is 2. The molecule has 1 aromatic carbocycles. The van der Waals surface area contributed by atoms with Gasteiger partial charge in [-0.15, -0.1) is 0 Å². The number of nitrogens with one attached hydrogen (secondary N) is 1. The third-order valence-electron chi connectivity index (χ3n) is 7.68. The van der Waals surface area contributed by atoms with Gasteiger partial charge in [-0.2, -0.15) is 0 Å². The van der Waals surface area contributed by atoms with Gasteiger partial charge in [-0.3, -0.25) is 9.20 Å². The zero-order valence-electron chi connectivity index (χ0n) is 19.7. The number of benzene rings is 1. The predicted octanol–water partition coefficient (Wildman–Crippen LogP) is 4.04. The first-order valence-corrected chi connectivity index (χ1v) is 12.7. The van der Waals surface area contributed by atoms with E-state index in [4.69, 9.17) is 4.74 Å². The summed E-state index contributed by atoms with van der Waals surface area (Å²) in [7, 11) is 0. The molecule has 3 fully saturated rings. The monoisotopic (exact) mass is 459 g/mol. The summed E-state index contributed by atoms with van der Waals surface area (Å²) in [5.74, 6) is 0.278. The molecule has 7 nitrogen and oxygen atoms in total. The summed E-state index contributed by atoms with van der Waals surface area (Å²) in [4.78, 5) is 22.4. The van der Waals surface area contributed by atoms with Gasteiger partial charge in [0.25, 0.3) is 0 Å². The molecule has 0 bridgehead atoms. The average Bonchev–Trinajstić information content (AvgIpc) is 3.28. The van der Waals surface area contributed by atoms with Crippen LogP contribution in [-0.4, -0.2) is 65.6 Å². The van der Waals surface area contributed by atoms with Gasteiger partial charge in [-0.05, 0) is 63.0 Å². The molecule has 3 aliphatic rings. The van der Waals surface area contributed by atoms with Gasteiger partial charge < -0.3 is 19.9 Å². The molecule has 6 rings (SSSR count). The normalized spacial score (nSPS) is 23.6. The maximum Gasteiger partial charge on any atom is 0.227 e. The summed E-state index contributed by atoms with van der Waals surface area (Å²) >= 11 is 0. The van der Waals surface area contributed by atoms with E-state index < -0.39 is 0 Å². The van der Waals surface area contributed by atoms with Crippen molar-refractivity contribution in [3.05, 3.63) is 48.8 Å². The minimum Gasteiger partial charge on any atom is -0.378 e. The smallest absolute Gasteiger partial charge is 0.227 e. The number of imidazole rings is 1. The van der Waals surface area contributed by atoms with E-state index in [0.717, 1.165) is 61.7 Å². The Morgan fingerprint density at radius 1 is 1.00 bits per heavy atom. The fourth-order valence-electron chi connectivity index (χ4n) is 5.58. The second-order valence-electron chi connectivity index (χ2n) is 9.85. The SMILES string of the molecule is O=C(Nc1cccc(-c2cnc3ccc(N4CCOCC4)cn23)c1)C1CC(N2CCCCC2)C1. The third-order valence-corrected chi connectivity index (χ3v) is 7.68. The summed E-state index contributed by atoms with van der Waals surface area (Å²) in [6.07, 6.45) is 10.0. The molecule has 34 heavy (non-hydrogen) atoms. The van der Waals surface area contributed by atoms with Gasteiger partial charge in [-0.25, -0.2) is 4.98 Å². The number of carbonyl (C=O) groups is 1. The Morgan fingerprint density at radius 2 is 1.82 bits per heavy atom. The maximum absolute atomic E-state index is 12.9. The minimum atomic E-state index is 0.127. The van der Waals surface area contributed by atoms with Crippen LogP contribution in [0, 0.1) is 5.92 Å². The van der Waals surface area contributed by atoms with Crippen LogP contribution in [-0.2, 0) is 9.53 Å². The van der Waals surface area contributed by atoms with Crippen molar-refractivity contribution in [2.75, 3.05) is 49.6 Å². The number of pyridine rings is 1. The van der Waals surface area contributed by atoms with Gasteiger partial charge in [0, 0.05) is 42.5 Å². The fraction of sp³-hybridized carbons (Fsp3) is 0.481. The topological polar surface area (TPSA) is 62.1 Å². The van der Waals surface area contributed by atoms with Crippen molar-refractivity contribution in [1.82, 2.24) is 14.3 Å². The lowest BCUT2D eigenvalue weighted by Crippen LogP contribution is -2.49. The van der Waals surface area contributed by atoms with Crippen LogP contribution in [0.5, 0.6) is 0 Å².